The van der Waals surface area contributed by atoms with Gasteiger partial charge in [-0.1, -0.05) is 0 Å². The smallest absolute Gasteiger partial charge is 0.301 e. The van der Waals surface area contributed by atoms with Gasteiger partial charge in [-0.25, -0.2) is 0 Å². The molecule has 2 N–H and O–H groups in total. The van der Waals surface area contributed by atoms with Crippen molar-refractivity contribution >= 4 is 27.5 Å². The number of carbonyl (C=O) groups is 1. The number of hydroxylamine groups is 2. The fraction of sp³-hybridized carbons (Fsp3) is 0.562. The third-order valence-corrected chi connectivity index (χ3v) is 6.18. The van der Waals surface area contributed by atoms with Crippen molar-refractivity contribution in [1.29, 1.82) is 0 Å². The highest BCUT2D eigenvalue weighted by Crippen LogP contribution is 2.24. The van der Waals surface area contributed by atoms with E-state index < -0.39 is 10.2 Å². The van der Waals surface area contributed by atoms with Gasteiger partial charge in [0.25, 0.3) is 0 Å². The molecule has 0 radical (unpaired) electrons. The lowest BCUT2D eigenvalue weighted by atomic mass is 9.94. The zero-order valence-corrected chi connectivity index (χ0v) is 15.1. The van der Waals surface area contributed by atoms with Crippen LogP contribution in [0, 0.1) is 5.92 Å². The molecule has 2 aliphatic heterocycles. The number of amides is 1. The quantitative estimate of drug-likeness (QED) is 0.807. The van der Waals surface area contributed by atoms with Crippen molar-refractivity contribution in [1.82, 2.24) is 9.79 Å². The third-order valence-electron chi connectivity index (χ3n) is 4.63. The molecule has 2 saturated heterocycles. The van der Waals surface area contributed by atoms with Gasteiger partial charge in [0.05, 0.1) is 12.8 Å². The summed E-state index contributed by atoms with van der Waals surface area (Å²) in [4.78, 5) is 17.4. The standard InChI is InChI=1S/C16H24N4O4S/c1-24-19-9-6-13(7-10-19)12-16(21)18-14-2-4-15(5-3-14)20-11-8-17-25(20,22)23/h2-5,13,17H,6-12H2,1H3,(H,18,21). The van der Waals surface area contributed by atoms with E-state index in [0.717, 1.165) is 25.9 Å². The van der Waals surface area contributed by atoms with Gasteiger partial charge in [-0.3, -0.25) is 9.10 Å². The molecular weight excluding hydrogens is 344 g/mol. The predicted molar refractivity (Wildman–Crippen MR) is 95.3 cm³/mol. The Labute approximate surface area is 148 Å². The summed E-state index contributed by atoms with van der Waals surface area (Å²) in [5.41, 5.74) is 1.27. The van der Waals surface area contributed by atoms with Crippen molar-refractivity contribution in [3.8, 4) is 0 Å². The number of carbonyl (C=O) groups excluding carboxylic acids is 1. The average Bonchev–Trinajstić information content (AvgIpc) is 2.95. The summed E-state index contributed by atoms with van der Waals surface area (Å²) in [6.45, 7) is 2.51. The second-order valence-electron chi connectivity index (χ2n) is 6.33. The van der Waals surface area contributed by atoms with Crippen molar-refractivity contribution < 1.29 is 18.0 Å². The highest BCUT2D eigenvalue weighted by atomic mass is 32.2. The predicted octanol–water partition coefficient (Wildman–Crippen LogP) is 0.943. The molecule has 2 heterocycles. The first-order valence-electron chi connectivity index (χ1n) is 8.44. The van der Waals surface area contributed by atoms with Crippen LogP contribution in [0.3, 0.4) is 0 Å². The summed E-state index contributed by atoms with van der Waals surface area (Å²) in [6.07, 6.45) is 2.38. The second-order valence-corrected chi connectivity index (χ2v) is 8.01. The highest BCUT2D eigenvalue weighted by molar-refractivity contribution is 7.91. The molecule has 138 valence electrons. The Hall–Kier alpha value is -1.68. The van der Waals surface area contributed by atoms with Gasteiger partial charge in [-0.15, -0.1) is 0 Å². The third kappa shape index (κ3) is 4.49. The van der Waals surface area contributed by atoms with Crippen LogP contribution < -0.4 is 14.3 Å². The van der Waals surface area contributed by atoms with E-state index in [1.165, 1.54) is 4.31 Å². The Morgan fingerprint density at radius 3 is 2.48 bits per heavy atom. The second kappa shape index (κ2) is 7.69. The van der Waals surface area contributed by atoms with Gasteiger partial charge in [0.2, 0.25) is 5.91 Å². The van der Waals surface area contributed by atoms with Gasteiger partial charge < -0.3 is 10.2 Å². The minimum absolute atomic E-state index is 0.0147. The van der Waals surface area contributed by atoms with Gasteiger partial charge in [-0.05, 0) is 43.0 Å². The van der Waals surface area contributed by atoms with E-state index in [-0.39, 0.29) is 5.91 Å². The Balaban J connectivity index is 1.52. The van der Waals surface area contributed by atoms with E-state index in [2.05, 4.69) is 10.0 Å². The molecule has 1 amide bonds. The summed E-state index contributed by atoms with van der Waals surface area (Å²) in [6, 6.07) is 6.87. The maximum absolute atomic E-state index is 12.2. The molecule has 9 heteroatoms. The normalized spacial score (nSPS) is 21.4. The van der Waals surface area contributed by atoms with Gasteiger partial charge in [0, 0.05) is 38.3 Å². The van der Waals surface area contributed by atoms with Crippen LogP contribution in [0.2, 0.25) is 0 Å². The maximum Gasteiger partial charge on any atom is 0.301 e. The van der Waals surface area contributed by atoms with Crippen molar-refractivity contribution in [2.24, 2.45) is 5.92 Å². The van der Waals surface area contributed by atoms with Crippen molar-refractivity contribution in [2.45, 2.75) is 19.3 Å². The van der Waals surface area contributed by atoms with E-state index in [9.17, 15) is 13.2 Å². The van der Waals surface area contributed by atoms with Crippen LogP contribution in [0.15, 0.2) is 24.3 Å². The SMILES string of the molecule is CON1CCC(CC(=O)Nc2ccc(N3CCNS3(=O)=O)cc2)CC1. The molecule has 0 unspecified atom stereocenters. The molecule has 0 aliphatic carbocycles. The van der Waals surface area contributed by atoms with Crippen molar-refractivity contribution in [3.63, 3.8) is 0 Å². The first-order valence-corrected chi connectivity index (χ1v) is 9.88. The van der Waals surface area contributed by atoms with Gasteiger partial charge in [-0.2, -0.15) is 18.2 Å². The Morgan fingerprint density at radius 1 is 1.24 bits per heavy atom. The fourth-order valence-electron chi connectivity index (χ4n) is 3.22. The van der Waals surface area contributed by atoms with Crippen molar-refractivity contribution in [2.75, 3.05) is 42.9 Å². The molecule has 25 heavy (non-hydrogen) atoms. The highest BCUT2D eigenvalue weighted by Gasteiger charge is 2.27. The minimum Gasteiger partial charge on any atom is -0.326 e. The molecule has 0 saturated carbocycles. The van der Waals surface area contributed by atoms with E-state index in [1.807, 2.05) is 5.06 Å². The van der Waals surface area contributed by atoms with E-state index in [0.29, 0.717) is 36.8 Å². The lowest BCUT2D eigenvalue weighted by Crippen LogP contribution is -2.34. The fourth-order valence-corrected chi connectivity index (χ4v) is 4.46. The molecule has 1 aromatic rings. The maximum atomic E-state index is 12.2. The number of piperidine rings is 1. The average molecular weight is 368 g/mol. The molecule has 8 nitrogen and oxygen atoms in total. The minimum atomic E-state index is -3.42. The number of rotatable bonds is 5. The number of nitrogens with zero attached hydrogens (tertiary/aromatic N) is 2. The summed E-state index contributed by atoms with van der Waals surface area (Å²) in [7, 11) is -1.75. The van der Waals surface area contributed by atoms with Crippen LogP contribution in [0.4, 0.5) is 11.4 Å². The lowest BCUT2D eigenvalue weighted by molar-refractivity contribution is -0.149. The van der Waals surface area contributed by atoms with Crippen LogP contribution in [0.1, 0.15) is 19.3 Å². The molecular formula is C16H24N4O4S. The number of hydrogen-bond acceptors (Lipinski definition) is 5. The Morgan fingerprint density at radius 2 is 1.92 bits per heavy atom. The summed E-state index contributed by atoms with van der Waals surface area (Å²) >= 11 is 0. The number of anilines is 2. The molecule has 0 atom stereocenters. The number of hydrogen-bond donors (Lipinski definition) is 2. The first kappa shape index (κ1) is 18.1. The first-order chi connectivity index (χ1) is 12.0. The van der Waals surface area contributed by atoms with Gasteiger partial charge in [0.1, 0.15) is 0 Å². The topological polar surface area (TPSA) is 91.0 Å². The zero-order chi connectivity index (χ0) is 17.9. The van der Waals surface area contributed by atoms with E-state index in [4.69, 9.17) is 4.84 Å². The zero-order valence-electron chi connectivity index (χ0n) is 14.3. The van der Waals surface area contributed by atoms with Crippen LogP contribution in [0.25, 0.3) is 0 Å². The summed E-state index contributed by atoms with van der Waals surface area (Å²) in [5.74, 6) is 0.352. The van der Waals surface area contributed by atoms with Crippen LogP contribution in [0.5, 0.6) is 0 Å². The molecule has 0 spiro atoms. The summed E-state index contributed by atoms with van der Waals surface area (Å²) < 4.78 is 27.4. The summed E-state index contributed by atoms with van der Waals surface area (Å²) in [5, 5.41) is 4.80. The molecule has 3 rings (SSSR count). The Bertz CT molecular complexity index is 699. The molecule has 0 aromatic heterocycles. The largest absolute Gasteiger partial charge is 0.326 e. The molecule has 2 aliphatic rings. The molecule has 2 fully saturated rings. The monoisotopic (exact) mass is 368 g/mol. The van der Waals surface area contributed by atoms with Crippen LogP contribution in [-0.2, 0) is 19.8 Å². The molecule has 0 bridgehead atoms. The lowest BCUT2D eigenvalue weighted by Gasteiger charge is -2.29. The number of nitrogens with one attached hydrogen (secondary N) is 2. The van der Waals surface area contributed by atoms with Gasteiger partial charge >= 0.3 is 10.2 Å². The Kier molecular flexibility index (Phi) is 5.57. The van der Waals surface area contributed by atoms with Crippen LogP contribution >= 0.6 is 0 Å². The van der Waals surface area contributed by atoms with Gasteiger partial charge in [0.15, 0.2) is 0 Å². The number of benzene rings is 1. The molecule has 1 aromatic carbocycles. The van der Waals surface area contributed by atoms with E-state index in [1.54, 1.807) is 31.4 Å². The van der Waals surface area contributed by atoms with Crippen molar-refractivity contribution in [3.05, 3.63) is 24.3 Å². The van der Waals surface area contributed by atoms with E-state index >= 15 is 0 Å². The van der Waals surface area contributed by atoms with Crippen LogP contribution in [-0.4, -0.2) is 52.7 Å².